The van der Waals surface area contributed by atoms with E-state index in [4.69, 9.17) is 5.11 Å². The highest BCUT2D eigenvalue weighted by Crippen LogP contribution is 2.40. The zero-order valence-electron chi connectivity index (χ0n) is 11.6. The first kappa shape index (κ1) is 13.2. The largest absolute Gasteiger partial charge is 0.507 e. The summed E-state index contributed by atoms with van der Waals surface area (Å²) in [5.41, 5.74) is 1.61. The molecule has 0 spiro atoms. The summed E-state index contributed by atoms with van der Waals surface area (Å²) in [6.07, 6.45) is 0. The number of rotatable bonds is 1. The van der Waals surface area contributed by atoms with E-state index in [-0.39, 0.29) is 17.1 Å². The Hall–Kier alpha value is -2.75. The van der Waals surface area contributed by atoms with Crippen molar-refractivity contribution in [3.8, 4) is 11.5 Å². The summed E-state index contributed by atoms with van der Waals surface area (Å²) in [6.45, 7) is 3.67. The van der Waals surface area contributed by atoms with E-state index in [9.17, 15) is 15.0 Å². The smallest absolute Gasteiger partial charge is 0.335 e. The van der Waals surface area contributed by atoms with Crippen molar-refractivity contribution in [3.63, 3.8) is 0 Å². The summed E-state index contributed by atoms with van der Waals surface area (Å²) in [5.74, 6) is -1.02. The number of carboxylic acids is 1. The minimum absolute atomic E-state index is 0.0435. The molecule has 0 bridgehead atoms. The van der Waals surface area contributed by atoms with Crippen LogP contribution < -0.4 is 0 Å². The van der Waals surface area contributed by atoms with Crippen LogP contribution in [0, 0.1) is 13.8 Å². The van der Waals surface area contributed by atoms with Crippen LogP contribution >= 0.6 is 0 Å². The molecule has 0 atom stereocenters. The van der Waals surface area contributed by atoms with E-state index in [2.05, 4.69) is 0 Å². The van der Waals surface area contributed by atoms with Crippen molar-refractivity contribution >= 4 is 27.5 Å². The monoisotopic (exact) mass is 282 g/mol. The molecular weight excluding hydrogens is 268 g/mol. The summed E-state index contributed by atoms with van der Waals surface area (Å²) in [5, 5.41) is 32.2. The van der Waals surface area contributed by atoms with Crippen molar-refractivity contribution in [2.75, 3.05) is 0 Å². The van der Waals surface area contributed by atoms with E-state index in [0.717, 1.165) is 16.5 Å². The van der Waals surface area contributed by atoms with Crippen molar-refractivity contribution in [1.82, 2.24) is 0 Å². The van der Waals surface area contributed by atoms with Gasteiger partial charge in [0.25, 0.3) is 0 Å². The molecule has 4 heteroatoms. The number of aromatic carboxylic acids is 1. The maximum atomic E-state index is 11.2. The van der Waals surface area contributed by atoms with Gasteiger partial charge in [-0.15, -0.1) is 0 Å². The van der Waals surface area contributed by atoms with Crippen molar-refractivity contribution in [3.05, 3.63) is 47.0 Å². The minimum Gasteiger partial charge on any atom is -0.507 e. The van der Waals surface area contributed by atoms with Gasteiger partial charge in [0.1, 0.15) is 11.5 Å². The number of phenols is 2. The number of fused-ring (bicyclic) bond motifs is 2. The van der Waals surface area contributed by atoms with Gasteiger partial charge in [0.05, 0.1) is 5.56 Å². The number of hydrogen-bond acceptors (Lipinski definition) is 3. The molecule has 0 heterocycles. The lowest BCUT2D eigenvalue weighted by Gasteiger charge is -2.14. The highest BCUT2D eigenvalue weighted by molar-refractivity contribution is 6.11. The van der Waals surface area contributed by atoms with Gasteiger partial charge in [-0.2, -0.15) is 0 Å². The zero-order valence-corrected chi connectivity index (χ0v) is 11.6. The van der Waals surface area contributed by atoms with Crippen LogP contribution in [0.2, 0.25) is 0 Å². The van der Waals surface area contributed by atoms with E-state index < -0.39 is 5.97 Å². The molecule has 3 rings (SSSR count). The summed E-state index contributed by atoms with van der Waals surface area (Å²) in [7, 11) is 0. The van der Waals surface area contributed by atoms with Gasteiger partial charge in [-0.25, -0.2) is 4.79 Å². The standard InChI is InChI=1S/C17H14O4/c1-8-11-4-3-5-13(18)15(11)9(2)16-12(8)6-10(17(20)21)7-14(16)19/h3-7,18-19H,1-2H3,(H,20,21). The van der Waals surface area contributed by atoms with E-state index >= 15 is 0 Å². The molecule has 4 nitrogen and oxygen atoms in total. The third-order valence-corrected chi connectivity index (χ3v) is 3.96. The molecule has 3 aromatic carbocycles. The van der Waals surface area contributed by atoms with E-state index in [1.165, 1.54) is 6.07 Å². The Morgan fingerprint density at radius 2 is 1.57 bits per heavy atom. The Kier molecular flexibility index (Phi) is 2.76. The topological polar surface area (TPSA) is 77.8 Å². The Bertz CT molecular complexity index is 910. The molecule has 0 aliphatic rings. The molecule has 0 unspecified atom stereocenters. The highest BCUT2D eigenvalue weighted by Gasteiger charge is 2.16. The Morgan fingerprint density at radius 3 is 2.24 bits per heavy atom. The average molecular weight is 282 g/mol. The fourth-order valence-corrected chi connectivity index (χ4v) is 2.96. The molecule has 21 heavy (non-hydrogen) atoms. The Labute approximate surface area is 120 Å². The van der Waals surface area contributed by atoms with E-state index in [0.29, 0.717) is 16.2 Å². The number of carbonyl (C=O) groups is 1. The number of aryl methyl sites for hydroxylation is 2. The molecule has 0 aromatic heterocycles. The lowest BCUT2D eigenvalue weighted by molar-refractivity contribution is 0.0696. The van der Waals surface area contributed by atoms with Gasteiger partial charge in [0.15, 0.2) is 0 Å². The van der Waals surface area contributed by atoms with Crippen LogP contribution in [0.25, 0.3) is 21.5 Å². The SMILES string of the molecule is Cc1c2cccc(O)c2c(C)c2c(O)cc(C(=O)O)cc12. The van der Waals surface area contributed by atoms with Crippen molar-refractivity contribution < 1.29 is 20.1 Å². The average Bonchev–Trinajstić information content (AvgIpc) is 2.43. The second-order valence-corrected chi connectivity index (χ2v) is 5.17. The maximum Gasteiger partial charge on any atom is 0.335 e. The first-order valence-electron chi connectivity index (χ1n) is 6.52. The zero-order chi connectivity index (χ0) is 15.3. The van der Waals surface area contributed by atoms with Crippen LogP contribution in [-0.2, 0) is 0 Å². The third-order valence-electron chi connectivity index (χ3n) is 3.96. The van der Waals surface area contributed by atoms with Gasteiger partial charge in [-0.3, -0.25) is 0 Å². The molecule has 0 saturated carbocycles. The van der Waals surface area contributed by atoms with Gasteiger partial charge >= 0.3 is 5.97 Å². The van der Waals surface area contributed by atoms with Crippen LogP contribution in [0.1, 0.15) is 21.5 Å². The van der Waals surface area contributed by atoms with Crippen LogP contribution in [0.4, 0.5) is 0 Å². The molecule has 0 aliphatic carbocycles. The van der Waals surface area contributed by atoms with Gasteiger partial charge in [0, 0.05) is 10.8 Å². The highest BCUT2D eigenvalue weighted by atomic mass is 16.4. The number of hydrogen-bond donors (Lipinski definition) is 3. The summed E-state index contributed by atoms with van der Waals surface area (Å²) < 4.78 is 0. The van der Waals surface area contributed by atoms with Gasteiger partial charge < -0.3 is 15.3 Å². The van der Waals surface area contributed by atoms with Crippen molar-refractivity contribution in [2.24, 2.45) is 0 Å². The first-order chi connectivity index (χ1) is 9.91. The summed E-state index contributed by atoms with van der Waals surface area (Å²) in [4.78, 5) is 11.2. The molecule has 0 aliphatic heterocycles. The normalized spacial score (nSPS) is 11.1. The van der Waals surface area contributed by atoms with Gasteiger partial charge in [-0.1, -0.05) is 12.1 Å². The predicted molar refractivity (Wildman–Crippen MR) is 81.2 cm³/mol. The molecule has 0 radical (unpaired) electrons. The lowest BCUT2D eigenvalue weighted by atomic mass is 9.91. The van der Waals surface area contributed by atoms with E-state index in [1.54, 1.807) is 18.2 Å². The molecule has 3 aromatic rings. The molecule has 106 valence electrons. The lowest BCUT2D eigenvalue weighted by Crippen LogP contribution is -1.98. The number of carboxylic acid groups (broad SMARTS) is 1. The third kappa shape index (κ3) is 1.80. The number of aromatic hydroxyl groups is 2. The Morgan fingerprint density at radius 1 is 0.905 bits per heavy atom. The van der Waals surface area contributed by atoms with E-state index in [1.807, 2.05) is 19.9 Å². The molecule has 3 N–H and O–H groups in total. The molecule has 0 saturated heterocycles. The predicted octanol–water partition coefficient (Wildman–Crippen LogP) is 3.72. The van der Waals surface area contributed by atoms with Crippen LogP contribution in [-0.4, -0.2) is 21.3 Å². The van der Waals surface area contributed by atoms with Crippen molar-refractivity contribution in [2.45, 2.75) is 13.8 Å². The fourth-order valence-electron chi connectivity index (χ4n) is 2.96. The number of benzene rings is 3. The fraction of sp³-hybridized carbons (Fsp3) is 0.118. The Balaban J connectivity index is 2.62. The quantitative estimate of drug-likeness (QED) is 0.594. The summed E-state index contributed by atoms with van der Waals surface area (Å²) in [6, 6.07) is 8.02. The minimum atomic E-state index is -1.08. The van der Waals surface area contributed by atoms with Crippen LogP contribution in [0.15, 0.2) is 30.3 Å². The molecular formula is C17H14O4. The first-order valence-corrected chi connectivity index (χ1v) is 6.52. The maximum absolute atomic E-state index is 11.2. The van der Waals surface area contributed by atoms with Crippen molar-refractivity contribution in [1.29, 1.82) is 0 Å². The van der Waals surface area contributed by atoms with Gasteiger partial charge in [0.2, 0.25) is 0 Å². The molecule has 0 fully saturated rings. The second-order valence-electron chi connectivity index (χ2n) is 5.17. The summed E-state index contributed by atoms with van der Waals surface area (Å²) >= 11 is 0. The van der Waals surface area contributed by atoms with Crippen LogP contribution in [0.3, 0.4) is 0 Å². The van der Waals surface area contributed by atoms with Crippen LogP contribution in [0.5, 0.6) is 11.5 Å². The molecule has 0 amide bonds. The number of phenolic OH excluding ortho intramolecular Hbond substituents is 2. The van der Waals surface area contributed by atoms with Gasteiger partial charge in [-0.05, 0) is 53.9 Å². The second kappa shape index (κ2) is 4.38.